The first-order chi connectivity index (χ1) is 6.07. The van der Waals surface area contributed by atoms with Crippen LogP contribution in [0, 0.1) is 0 Å². The average Bonchev–Trinajstić information content (AvgIpc) is 2.11. The first-order valence-electron chi connectivity index (χ1n) is 3.90. The van der Waals surface area contributed by atoms with Crippen LogP contribution < -0.4 is 11.5 Å². The molecule has 0 heterocycles. The minimum Gasteiger partial charge on any atom is -0.480 e. The number of rotatable bonds is 5. The molecule has 0 aliphatic heterocycles. The number of aliphatic imine (C=N–C) groups is 1. The molecule has 0 aromatic carbocycles. The third kappa shape index (κ3) is 8.15. The molecule has 0 fully saturated rings. The van der Waals surface area contributed by atoms with Gasteiger partial charge in [0.05, 0.1) is 0 Å². The summed E-state index contributed by atoms with van der Waals surface area (Å²) in [7, 11) is 0. The number of amidine groups is 1. The largest absolute Gasteiger partial charge is 0.480 e. The van der Waals surface area contributed by atoms with E-state index in [9.17, 15) is 4.79 Å². The van der Waals surface area contributed by atoms with Crippen molar-refractivity contribution in [1.82, 2.24) is 0 Å². The van der Waals surface area contributed by atoms with Crippen LogP contribution in [0.1, 0.15) is 12.8 Å². The maximum absolute atomic E-state index is 10.3. The minimum absolute atomic E-state index is 0. The molecule has 84 valence electrons. The van der Waals surface area contributed by atoms with Crippen LogP contribution in [0.3, 0.4) is 0 Å². The number of nitrogens with zero attached hydrogens (tertiary/aromatic N) is 1. The third-order valence-corrected chi connectivity index (χ3v) is 2.01. The summed E-state index contributed by atoms with van der Waals surface area (Å²) < 4.78 is 0. The van der Waals surface area contributed by atoms with E-state index in [2.05, 4.69) is 4.99 Å². The fourth-order valence-corrected chi connectivity index (χ4v) is 0.909. The van der Waals surface area contributed by atoms with Crippen LogP contribution in [0.25, 0.3) is 0 Å². The molecule has 0 aromatic rings. The summed E-state index contributed by atoms with van der Waals surface area (Å²) in [6.45, 7) is 0.535. The molecule has 0 amide bonds. The summed E-state index contributed by atoms with van der Waals surface area (Å²) in [6.07, 6.45) is 2.91. The number of carboxylic acid groups (broad SMARTS) is 1. The monoisotopic (exact) mass is 241 g/mol. The highest BCUT2D eigenvalue weighted by Crippen LogP contribution is 1.97. The maximum Gasteiger partial charge on any atom is 0.320 e. The Labute approximate surface area is 93.7 Å². The molecule has 0 aliphatic carbocycles. The van der Waals surface area contributed by atoms with Crippen molar-refractivity contribution < 1.29 is 9.90 Å². The SMILES string of the molecule is CSC(N)=NCCCC(N)C(=O)O.Cl. The molecule has 0 aromatic heterocycles. The summed E-state index contributed by atoms with van der Waals surface area (Å²) >= 11 is 1.37. The van der Waals surface area contributed by atoms with Crippen molar-refractivity contribution in [3.05, 3.63) is 0 Å². The van der Waals surface area contributed by atoms with Crippen molar-refractivity contribution in [3.8, 4) is 0 Å². The summed E-state index contributed by atoms with van der Waals surface area (Å²) in [5, 5.41) is 8.96. The Morgan fingerprint density at radius 2 is 2.21 bits per heavy atom. The van der Waals surface area contributed by atoms with Crippen LogP contribution in [0.2, 0.25) is 0 Å². The number of hydrogen-bond acceptors (Lipinski definition) is 4. The molecular formula is C7H16ClN3O2S. The van der Waals surface area contributed by atoms with Gasteiger partial charge in [-0.3, -0.25) is 9.79 Å². The smallest absolute Gasteiger partial charge is 0.320 e. The van der Waals surface area contributed by atoms with Crippen molar-refractivity contribution in [3.63, 3.8) is 0 Å². The van der Waals surface area contributed by atoms with E-state index in [1.807, 2.05) is 6.26 Å². The summed E-state index contributed by atoms with van der Waals surface area (Å²) in [5.74, 6) is -0.971. The zero-order chi connectivity index (χ0) is 10.3. The molecule has 5 nitrogen and oxygen atoms in total. The van der Waals surface area contributed by atoms with Gasteiger partial charge in [0.1, 0.15) is 6.04 Å². The van der Waals surface area contributed by atoms with Gasteiger partial charge >= 0.3 is 5.97 Å². The maximum atomic E-state index is 10.3. The fraction of sp³-hybridized carbons (Fsp3) is 0.714. The number of carbonyl (C=O) groups is 1. The lowest BCUT2D eigenvalue weighted by atomic mass is 10.2. The zero-order valence-corrected chi connectivity index (χ0v) is 9.61. The Balaban J connectivity index is 0. The Hall–Kier alpha value is -0.460. The second-order valence-electron chi connectivity index (χ2n) is 2.51. The summed E-state index contributed by atoms with van der Waals surface area (Å²) in [4.78, 5) is 14.3. The van der Waals surface area contributed by atoms with E-state index in [0.717, 1.165) is 0 Å². The van der Waals surface area contributed by atoms with Gasteiger partial charge in [-0.1, -0.05) is 11.8 Å². The van der Waals surface area contributed by atoms with Gasteiger partial charge in [0.2, 0.25) is 0 Å². The van der Waals surface area contributed by atoms with Crippen molar-refractivity contribution in [1.29, 1.82) is 0 Å². The van der Waals surface area contributed by atoms with Crippen molar-refractivity contribution in [2.24, 2.45) is 16.5 Å². The van der Waals surface area contributed by atoms with Gasteiger partial charge in [-0.05, 0) is 19.1 Å². The van der Waals surface area contributed by atoms with Gasteiger partial charge in [-0.15, -0.1) is 12.4 Å². The quantitative estimate of drug-likeness (QED) is 0.365. The van der Waals surface area contributed by atoms with E-state index in [0.29, 0.717) is 24.6 Å². The predicted molar refractivity (Wildman–Crippen MR) is 62.1 cm³/mol. The highest BCUT2D eigenvalue weighted by Gasteiger charge is 2.09. The molecule has 7 heteroatoms. The average molecular weight is 242 g/mol. The predicted octanol–water partition coefficient (Wildman–Crippen LogP) is 0.278. The molecule has 0 radical (unpaired) electrons. The number of carboxylic acids is 1. The Bertz CT molecular complexity index is 201. The number of thioether (sulfide) groups is 1. The van der Waals surface area contributed by atoms with Crippen LogP contribution in [-0.2, 0) is 4.79 Å². The number of aliphatic carboxylic acids is 1. The van der Waals surface area contributed by atoms with E-state index >= 15 is 0 Å². The Kier molecular flexibility index (Phi) is 10.4. The lowest BCUT2D eigenvalue weighted by Crippen LogP contribution is -2.30. The van der Waals surface area contributed by atoms with E-state index in [1.54, 1.807) is 0 Å². The number of halogens is 1. The van der Waals surface area contributed by atoms with Gasteiger partial charge in [-0.2, -0.15) is 0 Å². The van der Waals surface area contributed by atoms with Crippen molar-refractivity contribution in [2.45, 2.75) is 18.9 Å². The lowest BCUT2D eigenvalue weighted by molar-refractivity contribution is -0.138. The van der Waals surface area contributed by atoms with Crippen LogP contribution in [0.15, 0.2) is 4.99 Å². The zero-order valence-electron chi connectivity index (χ0n) is 7.97. The molecule has 0 bridgehead atoms. The molecule has 5 N–H and O–H groups in total. The second kappa shape index (κ2) is 9.11. The molecule has 0 saturated heterocycles. The van der Waals surface area contributed by atoms with Crippen molar-refractivity contribution >= 4 is 35.3 Å². The topological polar surface area (TPSA) is 102 Å². The van der Waals surface area contributed by atoms with Crippen LogP contribution in [0.4, 0.5) is 0 Å². The minimum atomic E-state index is -0.971. The molecule has 0 rings (SSSR count). The first-order valence-corrected chi connectivity index (χ1v) is 5.12. The molecule has 0 aliphatic rings. The molecule has 1 atom stereocenters. The van der Waals surface area contributed by atoms with Crippen molar-refractivity contribution in [2.75, 3.05) is 12.8 Å². The van der Waals surface area contributed by atoms with E-state index in [-0.39, 0.29) is 12.4 Å². The molecular weight excluding hydrogens is 226 g/mol. The third-order valence-electron chi connectivity index (χ3n) is 1.47. The molecule has 1 unspecified atom stereocenters. The Morgan fingerprint density at radius 3 is 2.64 bits per heavy atom. The normalized spacial score (nSPS) is 13.1. The summed E-state index contributed by atoms with van der Waals surface area (Å²) in [6, 6.07) is -0.786. The van der Waals surface area contributed by atoms with Crippen LogP contribution in [0.5, 0.6) is 0 Å². The second-order valence-corrected chi connectivity index (χ2v) is 3.34. The first kappa shape index (κ1) is 16.0. The van der Waals surface area contributed by atoms with Gasteiger partial charge in [0.15, 0.2) is 5.17 Å². The van der Waals surface area contributed by atoms with Gasteiger partial charge in [0.25, 0.3) is 0 Å². The lowest BCUT2D eigenvalue weighted by Gasteiger charge is -2.03. The van der Waals surface area contributed by atoms with E-state index in [1.165, 1.54) is 11.8 Å². The summed E-state index contributed by atoms with van der Waals surface area (Å²) in [5.41, 5.74) is 10.7. The standard InChI is InChI=1S/C7H15N3O2S.ClH/c1-13-7(9)10-4-2-3-5(8)6(11)12;/h5H,2-4,8H2,1H3,(H2,9,10)(H,11,12);1H. The highest BCUT2D eigenvalue weighted by atomic mass is 35.5. The van der Waals surface area contributed by atoms with Gasteiger partial charge in [-0.25, -0.2) is 0 Å². The highest BCUT2D eigenvalue weighted by molar-refractivity contribution is 8.13. The number of hydrogen-bond donors (Lipinski definition) is 3. The Morgan fingerprint density at radius 1 is 1.64 bits per heavy atom. The molecule has 0 spiro atoms. The van der Waals surface area contributed by atoms with E-state index in [4.69, 9.17) is 16.6 Å². The van der Waals surface area contributed by atoms with E-state index < -0.39 is 12.0 Å². The van der Waals surface area contributed by atoms with Crippen LogP contribution >= 0.6 is 24.2 Å². The molecule has 14 heavy (non-hydrogen) atoms. The fourth-order valence-electron chi connectivity index (χ4n) is 0.688. The number of nitrogens with two attached hydrogens (primary N) is 2. The van der Waals surface area contributed by atoms with Crippen LogP contribution in [-0.4, -0.2) is 35.1 Å². The van der Waals surface area contributed by atoms with Gasteiger partial charge < -0.3 is 16.6 Å². The van der Waals surface area contributed by atoms with Gasteiger partial charge in [0, 0.05) is 6.54 Å². The molecule has 0 saturated carbocycles.